The van der Waals surface area contributed by atoms with Crippen LogP contribution in [0, 0.1) is 0 Å². The molecule has 6 heteroatoms. The smallest absolute Gasteiger partial charge is 0.406 e. The van der Waals surface area contributed by atoms with Gasteiger partial charge >= 0.3 is 6.09 Å². The molecule has 1 aromatic carbocycles. The highest BCUT2D eigenvalue weighted by Gasteiger charge is 2.12. The van der Waals surface area contributed by atoms with Gasteiger partial charge in [-0.15, -0.1) is 0 Å². The molecule has 1 aromatic rings. The Bertz CT molecular complexity index is 395. The van der Waals surface area contributed by atoms with Gasteiger partial charge in [-0.1, -0.05) is 6.07 Å². The zero-order valence-electron chi connectivity index (χ0n) is 9.77. The summed E-state index contributed by atoms with van der Waals surface area (Å²) in [5.41, 5.74) is 7.09. The largest absolute Gasteiger partial charge is 0.495 e. The van der Waals surface area contributed by atoms with Gasteiger partial charge < -0.3 is 20.3 Å². The van der Waals surface area contributed by atoms with Gasteiger partial charge in [-0.05, 0) is 17.7 Å². The van der Waals surface area contributed by atoms with Crippen LogP contribution in [0.25, 0.3) is 0 Å². The van der Waals surface area contributed by atoms with Crippen molar-refractivity contribution in [2.24, 2.45) is 0 Å². The number of benzene rings is 1. The molecule has 0 spiro atoms. The van der Waals surface area contributed by atoms with Crippen molar-refractivity contribution in [3.63, 3.8) is 0 Å². The molecule has 0 fully saturated rings. The van der Waals surface area contributed by atoms with Crippen LogP contribution in [0.4, 0.5) is 10.5 Å². The fraction of sp³-hybridized carbons (Fsp3) is 0.364. The summed E-state index contributed by atoms with van der Waals surface area (Å²) in [5.74, 6) is 0.563. The van der Waals surface area contributed by atoms with E-state index in [0.29, 0.717) is 17.9 Å². The van der Waals surface area contributed by atoms with E-state index in [4.69, 9.17) is 20.3 Å². The summed E-state index contributed by atoms with van der Waals surface area (Å²) in [7, 11) is 2.97. The number of nitrogen functional groups attached to an aromatic ring is 1. The normalized spacial score (nSPS) is 11.9. The number of methoxy groups -OCH3 is 2. The molecule has 0 radical (unpaired) electrons. The number of amides is 1. The lowest BCUT2D eigenvalue weighted by Gasteiger charge is -2.15. The molecule has 4 N–H and O–H groups in total. The highest BCUT2D eigenvalue weighted by atomic mass is 16.5. The van der Waals surface area contributed by atoms with Gasteiger partial charge in [0.15, 0.2) is 0 Å². The first-order chi connectivity index (χ1) is 8.06. The number of hydrogen-bond acceptors (Lipinski definition) is 4. The van der Waals surface area contributed by atoms with Crippen LogP contribution in [-0.4, -0.2) is 31.6 Å². The second-order valence-corrected chi connectivity index (χ2v) is 3.45. The Balaban J connectivity index is 2.75. The molecule has 1 amide bonds. The summed E-state index contributed by atoms with van der Waals surface area (Å²) in [5, 5.41) is 10.9. The fourth-order valence-corrected chi connectivity index (χ4v) is 1.43. The van der Waals surface area contributed by atoms with Crippen LogP contribution in [0.3, 0.4) is 0 Å². The van der Waals surface area contributed by atoms with Crippen LogP contribution in [0.1, 0.15) is 5.56 Å². The van der Waals surface area contributed by atoms with Gasteiger partial charge in [0.05, 0.1) is 12.8 Å². The summed E-state index contributed by atoms with van der Waals surface area (Å²) in [4.78, 5) is 10.5. The Hall–Kier alpha value is -1.95. The Morgan fingerprint density at radius 3 is 2.76 bits per heavy atom. The van der Waals surface area contributed by atoms with E-state index < -0.39 is 12.3 Å². The zero-order chi connectivity index (χ0) is 12.8. The quantitative estimate of drug-likeness (QED) is 0.528. The van der Waals surface area contributed by atoms with Crippen molar-refractivity contribution in [2.75, 3.05) is 20.0 Å². The highest BCUT2D eigenvalue weighted by molar-refractivity contribution is 5.64. The molecule has 1 unspecified atom stereocenters. The van der Waals surface area contributed by atoms with Gasteiger partial charge in [-0.2, -0.15) is 0 Å². The van der Waals surface area contributed by atoms with Gasteiger partial charge in [-0.3, -0.25) is 5.32 Å². The van der Waals surface area contributed by atoms with Gasteiger partial charge in [-0.25, -0.2) is 4.79 Å². The van der Waals surface area contributed by atoms with Crippen molar-refractivity contribution >= 4 is 11.8 Å². The number of carbonyl (C=O) groups is 1. The fourth-order valence-electron chi connectivity index (χ4n) is 1.43. The lowest BCUT2D eigenvalue weighted by Crippen LogP contribution is -2.36. The van der Waals surface area contributed by atoms with Crippen LogP contribution in [0.2, 0.25) is 0 Å². The lowest BCUT2D eigenvalue weighted by molar-refractivity contribution is 0.0721. The Morgan fingerprint density at radius 2 is 2.24 bits per heavy atom. The van der Waals surface area contributed by atoms with Gasteiger partial charge in [0, 0.05) is 13.5 Å². The average molecular weight is 240 g/mol. The lowest BCUT2D eigenvalue weighted by atomic mass is 10.1. The second-order valence-electron chi connectivity index (χ2n) is 3.45. The van der Waals surface area contributed by atoms with Crippen molar-refractivity contribution in [2.45, 2.75) is 12.6 Å². The molecule has 94 valence electrons. The standard InChI is InChI=1S/C11H16N2O4/c1-16-9-5-7(3-4-8(9)12)6-10(17-2)13-11(14)15/h3-5,10,13H,6,12H2,1-2H3,(H,14,15). The molecule has 1 rings (SSSR count). The third-order valence-electron chi connectivity index (χ3n) is 2.29. The summed E-state index contributed by atoms with van der Waals surface area (Å²) in [6, 6.07) is 5.26. The van der Waals surface area contributed by atoms with Crippen LogP contribution < -0.4 is 15.8 Å². The number of carboxylic acid groups (broad SMARTS) is 1. The van der Waals surface area contributed by atoms with E-state index in [1.165, 1.54) is 14.2 Å². The minimum absolute atomic E-state index is 0.402. The molecular formula is C11H16N2O4. The molecule has 1 atom stereocenters. The molecular weight excluding hydrogens is 224 g/mol. The van der Waals surface area contributed by atoms with Crippen molar-refractivity contribution in [1.82, 2.24) is 5.32 Å². The first-order valence-electron chi connectivity index (χ1n) is 5.01. The van der Waals surface area contributed by atoms with E-state index in [1.54, 1.807) is 18.2 Å². The Morgan fingerprint density at radius 1 is 1.53 bits per heavy atom. The average Bonchev–Trinajstić information content (AvgIpc) is 2.30. The van der Waals surface area contributed by atoms with E-state index in [-0.39, 0.29) is 0 Å². The van der Waals surface area contributed by atoms with E-state index >= 15 is 0 Å². The molecule has 0 heterocycles. The number of nitrogens with two attached hydrogens (primary N) is 1. The van der Waals surface area contributed by atoms with Crippen LogP contribution >= 0.6 is 0 Å². The number of ether oxygens (including phenoxy) is 2. The molecule has 0 aliphatic heterocycles. The van der Waals surface area contributed by atoms with Crippen molar-refractivity contribution in [1.29, 1.82) is 0 Å². The maximum atomic E-state index is 10.5. The number of rotatable bonds is 5. The molecule has 0 saturated carbocycles. The minimum Gasteiger partial charge on any atom is -0.495 e. The van der Waals surface area contributed by atoms with Gasteiger partial charge in [0.1, 0.15) is 12.0 Å². The van der Waals surface area contributed by atoms with E-state index in [9.17, 15) is 4.79 Å². The number of hydrogen-bond donors (Lipinski definition) is 3. The van der Waals surface area contributed by atoms with Crippen LogP contribution in [0.5, 0.6) is 5.75 Å². The molecule has 0 aliphatic rings. The maximum absolute atomic E-state index is 10.5. The number of anilines is 1. The Kier molecular flexibility index (Phi) is 4.59. The summed E-state index contributed by atoms with van der Waals surface area (Å²) in [6.07, 6.45) is -1.32. The minimum atomic E-state index is -1.13. The van der Waals surface area contributed by atoms with Crippen molar-refractivity contribution in [3.05, 3.63) is 23.8 Å². The summed E-state index contributed by atoms with van der Waals surface area (Å²) < 4.78 is 10.1. The topological polar surface area (TPSA) is 93.8 Å². The van der Waals surface area contributed by atoms with Gasteiger partial charge in [0.2, 0.25) is 0 Å². The predicted molar refractivity (Wildman–Crippen MR) is 63.1 cm³/mol. The van der Waals surface area contributed by atoms with Crippen molar-refractivity contribution in [3.8, 4) is 5.75 Å². The molecule has 0 aliphatic carbocycles. The SMILES string of the molecule is COc1cc(CC(NC(=O)O)OC)ccc1N. The van der Waals surface area contributed by atoms with E-state index in [1.807, 2.05) is 0 Å². The second kappa shape index (κ2) is 5.95. The zero-order valence-corrected chi connectivity index (χ0v) is 9.77. The number of nitrogens with one attached hydrogen (secondary N) is 1. The first-order valence-corrected chi connectivity index (χ1v) is 5.01. The molecule has 0 bridgehead atoms. The predicted octanol–water partition coefficient (Wildman–Crippen LogP) is 1.06. The molecule has 0 saturated heterocycles. The third-order valence-corrected chi connectivity index (χ3v) is 2.29. The van der Waals surface area contributed by atoms with Crippen LogP contribution in [0.15, 0.2) is 18.2 Å². The van der Waals surface area contributed by atoms with Crippen LogP contribution in [-0.2, 0) is 11.2 Å². The maximum Gasteiger partial charge on any atom is 0.406 e. The first kappa shape index (κ1) is 13.1. The third kappa shape index (κ3) is 3.84. The Labute approximate surface area is 99.3 Å². The van der Waals surface area contributed by atoms with E-state index in [0.717, 1.165) is 5.56 Å². The summed E-state index contributed by atoms with van der Waals surface area (Å²) >= 11 is 0. The van der Waals surface area contributed by atoms with Gasteiger partial charge in [0.25, 0.3) is 0 Å². The van der Waals surface area contributed by atoms with E-state index in [2.05, 4.69) is 5.32 Å². The highest BCUT2D eigenvalue weighted by Crippen LogP contribution is 2.22. The molecule has 0 aromatic heterocycles. The van der Waals surface area contributed by atoms with Crippen molar-refractivity contribution < 1.29 is 19.4 Å². The molecule has 17 heavy (non-hydrogen) atoms. The molecule has 6 nitrogen and oxygen atoms in total. The monoisotopic (exact) mass is 240 g/mol. The summed E-state index contributed by atoms with van der Waals surface area (Å²) in [6.45, 7) is 0.